The summed E-state index contributed by atoms with van der Waals surface area (Å²) in [6, 6.07) is 9.28. The van der Waals surface area contributed by atoms with Crippen LogP contribution in [0.1, 0.15) is 16.7 Å². The summed E-state index contributed by atoms with van der Waals surface area (Å²) >= 11 is 0. The maximum atomic E-state index is 13.1. The van der Waals surface area contributed by atoms with Crippen molar-refractivity contribution >= 4 is 10.0 Å². The molecule has 0 radical (unpaired) electrons. The highest BCUT2D eigenvalue weighted by Gasteiger charge is 2.30. The average Bonchev–Trinajstić information content (AvgIpc) is 2.73. The summed E-state index contributed by atoms with van der Waals surface area (Å²) in [5.74, 6) is 1.82. The maximum absolute atomic E-state index is 13.1. The van der Waals surface area contributed by atoms with E-state index in [1.165, 1.54) is 0 Å². The second-order valence-electron chi connectivity index (χ2n) is 7.44. The van der Waals surface area contributed by atoms with Gasteiger partial charge >= 0.3 is 0 Å². The van der Waals surface area contributed by atoms with Crippen LogP contribution in [0.2, 0.25) is 0 Å². The first-order chi connectivity index (χ1) is 14.3. The third kappa shape index (κ3) is 4.40. The number of aryl methyl sites for hydroxylation is 2. The third-order valence-corrected chi connectivity index (χ3v) is 7.52. The molecule has 2 aromatic carbocycles. The van der Waals surface area contributed by atoms with Gasteiger partial charge in [-0.1, -0.05) is 23.8 Å². The van der Waals surface area contributed by atoms with Crippen LogP contribution in [-0.2, 0) is 16.6 Å². The minimum atomic E-state index is -3.49. The summed E-state index contributed by atoms with van der Waals surface area (Å²) in [6.07, 6.45) is 0. The molecule has 30 heavy (non-hydrogen) atoms. The number of rotatable bonds is 7. The maximum Gasteiger partial charge on any atom is 0.243 e. The number of hydrogen-bond donors (Lipinski definition) is 0. The van der Waals surface area contributed by atoms with Crippen molar-refractivity contribution < 1.29 is 22.6 Å². The fourth-order valence-electron chi connectivity index (χ4n) is 3.88. The topological polar surface area (TPSA) is 68.3 Å². The van der Waals surface area contributed by atoms with Gasteiger partial charge in [0.15, 0.2) is 11.5 Å². The fraction of sp³-hybridized carbons (Fsp3) is 0.455. The number of sulfonamides is 1. The lowest BCUT2D eigenvalue weighted by molar-refractivity contribution is 0.179. The molecule has 2 aromatic rings. The van der Waals surface area contributed by atoms with E-state index in [2.05, 4.69) is 4.90 Å². The van der Waals surface area contributed by atoms with Gasteiger partial charge in [0.2, 0.25) is 15.8 Å². The summed E-state index contributed by atoms with van der Waals surface area (Å²) in [4.78, 5) is 2.61. The lowest BCUT2D eigenvalue weighted by atomic mass is 10.1. The van der Waals surface area contributed by atoms with Crippen molar-refractivity contribution in [3.05, 3.63) is 47.0 Å². The van der Waals surface area contributed by atoms with E-state index >= 15 is 0 Å². The summed E-state index contributed by atoms with van der Waals surface area (Å²) in [6.45, 7) is 6.63. The van der Waals surface area contributed by atoms with Crippen molar-refractivity contribution in [1.82, 2.24) is 9.21 Å². The van der Waals surface area contributed by atoms with Crippen LogP contribution in [0.4, 0.5) is 0 Å². The number of hydrogen-bond acceptors (Lipinski definition) is 6. The molecule has 0 unspecified atom stereocenters. The second-order valence-corrected chi connectivity index (χ2v) is 9.35. The van der Waals surface area contributed by atoms with Crippen molar-refractivity contribution in [2.45, 2.75) is 25.3 Å². The normalized spacial score (nSPS) is 15.8. The van der Waals surface area contributed by atoms with Gasteiger partial charge < -0.3 is 14.2 Å². The minimum Gasteiger partial charge on any atom is -0.493 e. The molecule has 1 aliphatic heterocycles. The fourth-order valence-corrected chi connectivity index (χ4v) is 5.51. The molecule has 1 heterocycles. The lowest BCUT2D eigenvalue weighted by Gasteiger charge is -2.34. The van der Waals surface area contributed by atoms with Crippen LogP contribution in [0, 0.1) is 13.8 Å². The van der Waals surface area contributed by atoms with Crippen LogP contribution in [-0.4, -0.2) is 65.1 Å². The molecule has 1 aliphatic rings. The van der Waals surface area contributed by atoms with E-state index in [0.29, 0.717) is 54.9 Å². The van der Waals surface area contributed by atoms with E-state index in [4.69, 9.17) is 14.2 Å². The Morgan fingerprint density at radius 3 is 2.10 bits per heavy atom. The van der Waals surface area contributed by atoms with Crippen molar-refractivity contribution in [1.29, 1.82) is 0 Å². The van der Waals surface area contributed by atoms with E-state index in [1.54, 1.807) is 31.7 Å². The van der Waals surface area contributed by atoms with Crippen LogP contribution in [0.25, 0.3) is 0 Å². The van der Waals surface area contributed by atoms with Gasteiger partial charge in [0.1, 0.15) is 0 Å². The first-order valence-corrected chi connectivity index (χ1v) is 11.3. The molecule has 0 atom stereocenters. The molecule has 1 saturated heterocycles. The van der Waals surface area contributed by atoms with Crippen LogP contribution >= 0.6 is 0 Å². The van der Waals surface area contributed by atoms with Gasteiger partial charge in [-0.25, -0.2) is 8.42 Å². The third-order valence-electron chi connectivity index (χ3n) is 5.46. The highest BCUT2D eigenvalue weighted by Crippen LogP contribution is 2.40. The Kier molecular flexibility index (Phi) is 6.90. The highest BCUT2D eigenvalue weighted by atomic mass is 32.2. The van der Waals surface area contributed by atoms with Crippen molar-refractivity contribution in [3.8, 4) is 17.2 Å². The molecular weight excluding hydrogens is 404 g/mol. The SMILES string of the molecule is COc1ccc(CN2CCN(S(=O)(=O)c3ccc(C)cc3C)CC2)c(OC)c1OC. The van der Waals surface area contributed by atoms with Crippen LogP contribution in [0.15, 0.2) is 35.2 Å². The first-order valence-electron chi connectivity index (χ1n) is 9.89. The molecule has 0 N–H and O–H groups in total. The lowest BCUT2D eigenvalue weighted by Crippen LogP contribution is -2.48. The Hall–Kier alpha value is -2.29. The van der Waals surface area contributed by atoms with Crippen molar-refractivity contribution in [2.24, 2.45) is 0 Å². The standard InChI is InChI=1S/C22H30N2O5S/c1-16-6-9-20(17(2)14-16)30(25,26)24-12-10-23(11-13-24)15-18-7-8-19(27-3)22(29-5)21(18)28-4/h6-9,14H,10-13,15H2,1-5H3. The van der Waals surface area contributed by atoms with Gasteiger partial charge in [0, 0.05) is 38.3 Å². The van der Waals surface area contributed by atoms with Gasteiger partial charge in [-0.3, -0.25) is 4.90 Å². The molecule has 3 rings (SSSR count). The van der Waals surface area contributed by atoms with Gasteiger partial charge in [0.05, 0.1) is 26.2 Å². The predicted octanol–water partition coefficient (Wildman–Crippen LogP) is 2.84. The van der Waals surface area contributed by atoms with Crippen LogP contribution in [0.3, 0.4) is 0 Å². The number of methoxy groups -OCH3 is 3. The largest absolute Gasteiger partial charge is 0.493 e. The second kappa shape index (κ2) is 9.24. The van der Waals surface area contributed by atoms with E-state index in [-0.39, 0.29) is 0 Å². The zero-order valence-corrected chi connectivity index (χ0v) is 19.1. The molecule has 8 heteroatoms. The van der Waals surface area contributed by atoms with Gasteiger partial charge in [0.25, 0.3) is 0 Å². The molecule has 0 aromatic heterocycles. The molecular formula is C22H30N2O5S. The van der Waals surface area contributed by atoms with E-state index < -0.39 is 10.0 Å². The first kappa shape index (κ1) is 22.4. The Morgan fingerprint density at radius 2 is 1.53 bits per heavy atom. The minimum absolute atomic E-state index is 0.392. The van der Waals surface area contributed by atoms with E-state index in [1.807, 2.05) is 38.1 Å². The van der Waals surface area contributed by atoms with Gasteiger partial charge in [-0.15, -0.1) is 0 Å². The Bertz CT molecular complexity index is 999. The van der Waals surface area contributed by atoms with Crippen molar-refractivity contribution in [2.75, 3.05) is 47.5 Å². The summed E-state index contributed by atoms with van der Waals surface area (Å²) in [7, 11) is 1.29. The zero-order chi connectivity index (χ0) is 21.9. The number of ether oxygens (including phenoxy) is 3. The number of benzene rings is 2. The Morgan fingerprint density at radius 1 is 0.867 bits per heavy atom. The van der Waals surface area contributed by atoms with Crippen LogP contribution < -0.4 is 14.2 Å². The molecule has 0 amide bonds. The monoisotopic (exact) mass is 434 g/mol. The quantitative estimate of drug-likeness (QED) is 0.668. The molecule has 1 fully saturated rings. The molecule has 0 aliphatic carbocycles. The summed E-state index contributed by atoms with van der Waals surface area (Å²) in [5, 5.41) is 0. The number of nitrogens with zero attached hydrogens (tertiary/aromatic N) is 2. The van der Waals surface area contributed by atoms with Crippen molar-refractivity contribution in [3.63, 3.8) is 0 Å². The average molecular weight is 435 g/mol. The Labute approximate surface area is 179 Å². The smallest absolute Gasteiger partial charge is 0.243 e. The highest BCUT2D eigenvalue weighted by molar-refractivity contribution is 7.89. The molecule has 0 saturated carbocycles. The molecule has 0 bridgehead atoms. The molecule has 7 nitrogen and oxygen atoms in total. The van der Waals surface area contributed by atoms with E-state index in [9.17, 15) is 8.42 Å². The summed E-state index contributed by atoms with van der Waals surface area (Å²) < 4.78 is 44.1. The van der Waals surface area contributed by atoms with Crippen LogP contribution in [0.5, 0.6) is 17.2 Å². The van der Waals surface area contributed by atoms with Gasteiger partial charge in [-0.2, -0.15) is 4.31 Å². The zero-order valence-electron chi connectivity index (χ0n) is 18.3. The molecule has 164 valence electrons. The number of piperazine rings is 1. The van der Waals surface area contributed by atoms with E-state index in [0.717, 1.165) is 16.7 Å². The molecule has 0 spiro atoms. The predicted molar refractivity (Wildman–Crippen MR) is 116 cm³/mol. The van der Waals surface area contributed by atoms with Gasteiger partial charge in [-0.05, 0) is 31.5 Å². The Balaban J connectivity index is 1.72. The summed E-state index contributed by atoms with van der Waals surface area (Å²) in [5.41, 5.74) is 2.81.